The van der Waals surface area contributed by atoms with Gasteiger partial charge in [0.1, 0.15) is 5.76 Å². The van der Waals surface area contributed by atoms with E-state index in [9.17, 15) is 4.79 Å². The number of benzene rings is 1. The minimum Gasteiger partial charge on any atom is -0.448 e. The Labute approximate surface area is 128 Å². The molecule has 1 amide bonds. The second-order valence-corrected chi connectivity index (χ2v) is 5.52. The molecule has 110 valence electrons. The van der Waals surface area contributed by atoms with Gasteiger partial charge in [0.25, 0.3) is 0 Å². The van der Waals surface area contributed by atoms with Crippen molar-refractivity contribution in [3.05, 3.63) is 52.4 Å². The number of hydrogen-bond donors (Lipinski definition) is 1. The number of nitrogens with one attached hydrogen (secondary N) is 1. The molecule has 1 atom stereocenters. The highest BCUT2D eigenvalue weighted by Crippen LogP contribution is 2.32. The Morgan fingerprint density at radius 1 is 1.38 bits per heavy atom. The summed E-state index contributed by atoms with van der Waals surface area (Å²) >= 11 is 5.88. The molecule has 3 rings (SSSR count). The highest BCUT2D eigenvalue weighted by Gasteiger charge is 2.26. The molecule has 1 N–H and O–H groups in total. The minimum atomic E-state index is -0.0613. The van der Waals surface area contributed by atoms with Crippen molar-refractivity contribution >= 4 is 23.2 Å². The van der Waals surface area contributed by atoms with E-state index in [0.717, 1.165) is 29.1 Å². The summed E-state index contributed by atoms with van der Waals surface area (Å²) in [6.07, 6.45) is 0.456. The zero-order chi connectivity index (χ0) is 15.0. The number of likely N-dealkylation sites (N-methyl/N-ethyl adjacent to an activating group) is 1. The van der Waals surface area contributed by atoms with Crippen molar-refractivity contribution in [2.45, 2.75) is 19.4 Å². The molecule has 0 fully saturated rings. The van der Waals surface area contributed by atoms with Crippen LogP contribution in [0.4, 0.5) is 5.69 Å². The molecule has 1 unspecified atom stereocenters. The lowest BCUT2D eigenvalue weighted by molar-refractivity contribution is -0.117. The molecule has 1 aromatic heterocycles. The molecule has 1 aromatic carbocycles. The number of carbonyl (C=O) groups excluding carboxylic acids is 1. The number of carbonyl (C=O) groups is 1. The highest BCUT2D eigenvalue weighted by atomic mass is 35.5. The van der Waals surface area contributed by atoms with Crippen LogP contribution in [0.1, 0.15) is 29.9 Å². The van der Waals surface area contributed by atoms with Gasteiger partial charge in [-0.3, -0.25) is 4.79 Å². The summed E-state index contributed by atoms with van der Waals surface area (Å²) < 4.78 is 5.54. The Balaban J connectivity index is 1.98. The zero-order valence-corrected chi connectivity index (χ0v) is 12.8. The van der Waals surface area contributed by atoms with Gasteiger partial charge in [0.05, 0.1) is 12.5 Å². The Hall–Kier alpha value is -1.78. The molecule has 1 aliphatic rings. The molecule has 0 saturated heterocycles. The summed E-state index contributed by atoms with van der Waals surface area (Å²) in [5, 5.41) is 3.77. The molecule has 0 spiro atoms. The van der Waals surface area contributed by atoms with E-state index in [2.05, 4.69) is 11.4 Å². The third-order valence-corrected chi connectivity index (χ3v) is 4.00. The van der Waals surface area contributed by atoms with E-state index in [-0.39, 0.29) is 11.9 Å². The van der Waals surface area contributed by atoms with Crippen molar-refractivity contribution in [1.29, 1.82) is 0 Å². The fourth-order valence-electron chi connectivity index (χ4n) is 2.74. The summed E-state index contributed by atoms with van der Waals surface area (Å²) in [6, 6.07) is 9.64. The van der Waals surface area contributed by atoms with E-state index < -0.39 is 0 Å². The molecule has 0 radical (unpaired) electrons. The van der Waals surface area contributed by atoms with Crippen molar-refractivity contribution in [2.75, 3.05) is 18.5 Å². The third-order valence-electron chi connectivity index (χ3n) is 3.80. The predicted molar refractivity (Wildman–Crippen MR) is 82.8 cm³/mol. The van der Waals surface area contributed by atoms with Crippen LogP contribution in [0, 0.1) is 0 Å². The number of hydrogen-bond acceptors (Lipinski definition) is 3. The van der Waals surface area contributed by atoms with Crippen LogP contribution < -0.4 is 10.2 Å². The van der Waals surface area contributed by atoms with Crippen molar-refractivity contribution in [1.82, 2.24) is 5.32 Å². The van der Waals surface area contributed by atoms with Gasteiger partial charge in [-0.1, -0.05) is 19.1 Å². The predicted octanol–water partition coefficient (Wildman–Crippen LogP) is 3.15. The standard InChI is InChI=1S/C16H17ClN2O2/c1-3-18-16(13-6-7-14(17)21-13)10-4-5-12-11(8-10)9-15(20)19(12)2/h4-8,16,18H,3,9H2,1-2H3. The monoisotopic (exact) mass is 304 g/mol. The van der Waals surface area contributed by atoms with Crippen LogP contribution in [0.25, 0.3) is 0 Å². The number of furan rings is 1. The average Bonchev–Trinajstić information content (AvgIpc) is 3.01. The Morgan fingerprint density at radius 2 is 2.19 bits per heavy atom. The van der Waals surface area contributed by atoms with Gasteiger partial charge in [-0.05, 0) is 47.5 Å². The lowest BCUT2D eigenvalue weighted by atomic mass is 10.0. The molecule has 0 saturated carbocycles. The smallest absolute Gasteiger partial charge is 0.231 e. The van der Waals surface area contributed by atoms with Gasteiger partial charge in [0, 0.05) is 12.7 Å². The summed E-state index contributed by atoms with van der Waals surface area (Å²) in [5.74, 6) is 0.905. The molecule has 4 nitrogen and oxygen atoms in total. The van der Waals surface area contributed by atoms with Gasteiger partial charge < -0.3 is 14.6 Å². The lowest BCUT2D eigenvalue weighted by Crippen LogP contribution is -2.21. The molecule has 21 heavy (non-hydrogen) atoms. The minimum absolute atomic E-state index is 0.0613. The second-order valence-electron chi connectivity index (χ2n) is 5.15. The van der Waals surface area contributed by atoms with E-state index in [0.29, 0.717) is 11.6 Å². The molecule has 2 heterocycles. The SMILES string of the molecule is CCNC(c1ccc2c(c1)CC(=O)N2C)c1ccc(Cl)o1. The first-order valence-electron chi connectivity index (χ1n) is 6.98. The normalized spacial score (nSPS) is 15.4. The fraction of sp³-hybridized carbons (Fsp3) is 0.312. The van der Waals surface area contributed by atoms with Crippen LogP contribution in [0.5, 0.6) is 0 Å². The molecule has 0 aliphatic carbocycles. The molecule has 1 aliphatic heterocycles. The number of rotatable bonds is 4. The van der Waals surface area contributed by atoms with Crippen LogP contribution in [0.2, 0.25) is 5.22 Å². The first-order valence-corrected chi connectivity index (χ1v) is 7.36. The largest absolute Gasteiger partial charge is 0.448 e. The highest BCUT2D eigenvalue weighted by molar-refractivity contribution is 6.28. The molecule has 0 bridgehead atoms. The van der Waals surface area contributed by atoms with Gasteiger partial charge in [0.15, 0.2) is 5.22 Å². The van der Waals surface area contributed by atoms with E-state index in [1.165, 1.54) is 0 Å². The van der Waals surface area contributed by atoms with Crippen LogP contribution >= 0.6 is 11.6 Å². The summed E-state index contributed by atoms with van der Waals surface area (Å²) in [7, 11) is 1.81. The maximum Gasteiger partial charge on any atom is 0.231 e. The first kappa shape index (κ1) is 14.2. The van der Waals surface area contributed by atoms with Crippen molar-refractivity contribution < 1.29 is 9.21 Å². The number of anilines is 1. The van der Waals surface area contributed by atoms with Gasteiger partial charge in [-0.25, -0.2) is 0 Å². The summed E-state index contributed by atoms with van der Waals surface area (Å²) in [4.78, 5) is 13.5. The van der Waals surface area contributed by atoms with E-state index >= 15 is 0 Å². The molecule has 2 aromatic rings. The Morgan fingerprint density at radius 3 is 2.86 bits per heavy atom. The first-order chi connectivity index (χ1) is 10.1. The second kappa shape index (κ2) is 5.54. The van der Waals surface area contributed by atoms with E-state index in [4.69, 9.17) is 16.0 Å². The van der Waals surface area contributed by atoms with E-state index in [1.54, 1.807) is 11.0 Å². The van der Waals surface area contributed by atoms with Crippen LogP contribution in [0.15, 0.2) is 34.7 Å². The quantitative estimate of drug-likeness (QED) is 0.944. The van der Waals surface area contributed by atoms with Gasteiger partial charge >= 0.3 is 0 Å². The lowest BCUT2D eigenvalue weighted by Gasteiger charge is -2.17. The number of fused-ring (bicyclic) bond motifs is 1. The van der Waals surface area contributed by atoms with Crippen molar-refractivity contribution in [3.63, 3.8) is 0 Å². The van der Waals surface area contributed by atoms with Crippen LogP contribution in [-0.2, 0) is 11.2 Å². The zero-order valence-electron chi connectivity index (χ0n) is 12.0. The fourth-order valence-corrected chi connectivity index (χ4v) is 2.89. The van der Waals surface area contributed by atoms with Crippen molar-refractivity contribution in [2.24, 2.45) is 0 Å². The van der Waals surface area contributed by atoms with Gasteiger partial charge in [0.2, 0.25) is 5.91 Å². The topological polar surface area (TPSA) is 45.5 Å². The Kier molecular flexibility index (Phi) is 3.74. The number of halogens is 1. The maximum absolute atomic E-state index is 11.8. The number of nitrogens with zero attached hydrogens (tertiary/aromatic N) is 1. The summed E-state index contributed by atoms with van der Waals surface area (Å²) in [6.45, 7) is 2.85. The summed E-state index contributed by atoms with van der Waals surface area (Å²) in [5.41, 5.74) is 3.11. The Bertz CT molecular complexity index is 681. The maximum atomic E-state index is 11.8. The molecular weight excluding hydrogens is 288 g/mol. The van der Waals surface area contributed by atoms with Gasteiger partial charge in [-0.15, -0.1) is 0 Å². The van der Waals surface area contributed by atoms with Crippen LogP contribution in [-0.4, -0.2) is 19.5 Å². The van der Waals surface area contributed by atoms with E-state index in [1.807, 2.05) is 32.2 Å². The third kappa shape index (κ3) is 2.57. The number of amides is 1. The average molecular weight is 305 g/mol. The van der Waals surface area contributed by atoms with Crippen LogP contribution in [0.3, 0.4) is 0 Å². The molecule has 5 heteroatoms. The van der Waals surface area contributed by atoms with Crippen molar-refractivity contribution in [3.8, 4) is 0 Å². The molecular formula is C16H17ClN2O2. The van der Waals surface area contributed by atoms with Gasteiger partial charge in [-0.2, -0.15) is 0 Å².